The molecule has 2 fully saturated rings. The van der Waals surface area contributed by atoms with E-state index in [2.05, 4.69) is 34.2 Å². The fourth-order valence-electron chi connectivity index (χ4n) is 4.19. The van der Waals surface area contributed by atoms with E-state index in [0.717, 1.165) is 62.8 Å². The molecule has 1 amide bonds. The van der Waals surface area contributed by atoms with Gasteiger partial charge in [0.2, 0.25) is 5.91 Å². The average Bonchev–Trinajstić information content (AvgIpc) is 2.82. The van der Waals surface area contributed by atoms with Gasteiger partial charge in [-0.25, -0.2) is 0 Å². The minimum atomic E-state index is -0.164. The number of carbonyl (C=O) groups excluding carboxylic acids is 1. The molecule has 160 valence electrons. The zero-order valence-corrected chi connectivity index (χ0v) is 17.7. The first kappa shape index (κ1) is 20.7. The largest absolute Gasteiger partial charge is 0.378 e. The molecule has 0 bridgehead atoms. The summed E-state index contributed by atoms with van der Waals surface area (Å²) < 4.78 is 11.0. The standard InChI is InChI=1S/C24H31N3O3/c1-2-21(19-6-4-3-5-7-19)24(28)25-22-9-8-20(26-10-14-29-15-11-26)18-23(22)27-12-16-30-17-13-27/h3-9,18,21H,2,10-17H2,1H3,(H,25,28). The molecule has 0 radical (unpaired) electrons. The summed E-state index contributed by atoms with van der Waals surface area (Å²) in [4.78, 5) is 17.8. The number of rotatable bonds is 6. The Bertz CT molecular complexity index is 831. The van der Waals surface area contributed by atoms with Crippen molar-refractivity contribution in [3.63, 3.8) is 0 Å². The van der Waals surface area contributed by atoms with Crippen LogP contribution < -0.4 is 15.1 Å². The van der Waals surface area contributed by atoms with Crippen molar-refractivity contribution in [2.75, 3.05) is 67.7 Å². The van der Waals surface area contributed by atoms with Gasteiger partial charge in [0.1, 0.15) is 0 Å². The Morgan fingerprint density at radius 3 is 2.20 bits per heavy atom. The monoisotopic (exact) mass is 409 g/mol. The molecule has 2 heterocycles. The Hall–Kier alpha value is -2.57. The lowest BCUT2D eigenvalue weighted by atomic mass is 9.95. The highest BCUT2D eigenvalue weighted by Crippen LogP contribution is 2.33. The molecular formula is C24H31N3O3. The summed E-state index contributed by atoms with van der Waals surface area (Å²) in [5, 5.41) is 3.22. The zero-order chi connectivity index (χ0) is 20.8. The van der Waals surface area contributed by atoms with Gasteiger partial charge in [0.05, 0.1) is 43.7 Å². The topological polar surface area (TPSA) is 54.0 Å². The minimum absolute atomic E-state index is 0.0392. The summed E-state index contributed by atoms with van der Waals surface area (Å²) in [6.07, 6.45) is 0.759. The van der Waals surface area contributed by atoms with Crippen LogP contribution in [0, 0.1) is 0 Å². The van der Waals surface area contributed by atoms with Crippen LogP contribution in [0.4, 0.5) is 17.1 Å². The normalized spacial score (nSPS) is 18.2. The molecule has 1 unspecified atom stereocenters. The molecule has 6 heteroatoms. The van der Waals surface area contributed by atoms with Crippen LogP contribution in [0.1, 0.15) is 24.8 Å². The van der Waals surface area contributed by atoms with Gasteiger partial charge in [0.25, 0.3) is 0 Å². The molecule has 0 aromatic heterocycles. The molecule has 0 aliphatic carbocycles. The maximum Gasteiger partial charge on any atom is 0.231 e. The fourth-order valence-corrected chi connectivity index (χ4v) is 4.19. The van der Waals surface area contributed by atoms with E-state index in [-0.39, 0.29) is 11.8 Å². The van der Waals surface area contributed by atoms with E-state index < -0.39 is 0 Å². The van der Waals surface area contributed by atoms with Gasteiger partial charge in [-0.2, -0.15) is 0 Å². The number of nitrogens with zero attached hydrogens (tertiary/aromatic N) is 2. The van der Waals surface area contributed by atoms with Gasteiger partial charge in [-0.15, -0.1) is 0 Å². The van der Waals surface area contributed by atoms with Crippen molar-refractivity contribution in [3.05, 3.63) is 54.1 Å². The van der Waals surface area contributed by atoms with E-state index in [0.29, 0.717) is 13.2 Å². The predicted octanol–water partition coefficient (Wildman–Crippen LogP) is 3.49. The third kappa shape index (κ3) is 4.77. The van der Waals surface area contributed by atoms with E-state index in [4.69, 9.17) is 9.47 Å². The molecule has 30 heavy (non-hydrogen) atoms. The predicted molar refractivity (Wildman–Crippen MR) is 121 cm³/mol. The van der Waals surface area contributed by atoms with Gasteiger partial charge in [-0.1, -0.05) is 37.3 Å². The third-order valence-electron chi connectivity index (χ3n) is 5.89. The summed E-state index contributed by atoms with van der Waals surface area (Å²) in [7, 11) is 0. The highest BCUT2D eigenvalue weighted by Gasteiger charge is 2.23. The number of morpholine rings is 2. The second-order valence-corrected chi connectivity index (χ2v) is 7.76. The van der Waals surface area contributed by atoms with Crippen molar-refractivity contribution in [1.82, 2.24) is 0 Å². The van der Waals surface area contributed by atoms with E-state index in [1.165, 1.54) is 5.69 Å². The van der Waals surface area contributed by atoms with Crippen molar-refractivity contribution in [3.8, 4) is 0 Å². The lowest BCUT2D eigenvalue weighted by Crippen LogP contribution is -2.38. The highest BCUT2D eigenvalue weighted by molar-refractivity contribution is 5.99. The van der Waals surface area contributed by atoms with Crippen LogP contribution in [0.2, 0.25) is 0 Å². The number of anilines is 3. The van der Waals surface area contributed by atoms with Gasteiger partial charge in [-0.3, -0.25) is 4.79 Å². The van der Waals surface area contributed by atoms with Crippen LogP contribution in [-0.4, -0.2) is 58.5 Å². The van der Waals surface area contributed by atoms with Gasteiger partial charge < -0.3 is 24.6 Å². The summed E-state index contributed by atoms with van der Waals surface area (Å²) >= 11 is 0. The number of nitrogens with one attached hydrogen (secondary N) is 1. The van der Waals surface area contributed by atoms with Crippen LogP contribution in [0.25, 0.3) is 0 Å². The SMILES string of the molecule is CCC(C(=O)Nc1ccc(N2CCOCC2)cc1N1CCOCC1)c1ccccc1. The molecule has 2 aromatic carbocycles. The van der Waals surface area contributed by atoms with Crippen LogP contribution in [0.15, 0.2) is 48.5 Å². The quantitative estimate of drug-likeness (QED) is 0.792. The lowest BCUT2D eigenvalue weighted by Gasteiger charge is -2.34. The molecule has 2 saturated heterocycles. The van der Waals surface area contributed by atoms with E-state index in [9.17, 15) is 4.79 Å². The van der Waals surface area contributed by atoms with E-state index in [1.54, 1.807) is 0 Å². The van der Waals surface area contributed by atoms with Gasteiger partial charge in [-0.05, 0) is 30.2 Å². The van der Waals surface area contributed by atoms with E-state index in [1.807, 2.05) is 36.4 Å². The Balaban J connectivity index is 1.59. The number of ether oxygens (including phenoxy) is 2. The number of hydrogen-bond acceptors (Lipinski definition) is 5. The molecule has 0 saturated carbocycles. The third-order valence-corrected chi connectivity index (χ3v) is 5.89. The van der Waals surface area contributed by atoms with Crippen LogP contribution in [0.5, 0.6) is 0 Å². The zero-order valence-electron chi connectivity index (χ0n) is 17.7. The number of benzene rings is 2. The first-order valence-corrected chi connectivity index (χ1v) is 10.9. The fraction of sp³-hybridized carbons (Fsp3) is 0.458. The van der Waals surface area contributed by atoms with Crippen molar-refractivity contribution >= 4 is 23.0 Å². The lowest BCUT2D eigenvalue weighted by molar-refractivity contribution is -0.117. The van der Waals surface area contributed by atoms with Crippen LogP contribution >= 0.6 is 0 Å². The number of carbonyl (C=O) groups is 1. The molecular weight excluding hydrogens is 378 g/mol. The molecule has 2 aliphatic heterocycles. The van der Waals surface area contributed by atoms with Crippen molar-refractivity contribution < 1.29 is 14.3 Å². The van der Waals surface area contributed by atoms with Crippen molar-refractivity contribution in [2.24, 2.45) is 0 Å². The van der Waals surface area contributed by atoms with Crippen molar-refractivity contribution in [1.29, 1.82) is 0 Å². The molecule has 0 spiro atoms. The molecule has 4 rings (SSSR count). The maximum absolute atomic E-state index is 13.2. The second kappa shape index (κ2) is 9.96. The minimum Gasteiger partial charge on any atom is -0.378 e. The highest BCUT2D eigenvalue weighted by atomic mass is 16.5. The molecule has 1 N–H and O–H groups in total. The maximum atomic E-state index is 13.2. The molecule has 2 aliphatic rings. The number of hydrogen-bond donors (Lipinski definition) is 1. The van der Waals surface area contributed by atoms with Crippen LogP contribution in [-0.2, 0) is 14.3 Å². The van der Waals surface area contributed by atoms with Crippen molar-refractivity contribution in [2.45, 2.75) is 19.3 Å². The van der Waals surface area contributed by atoms with Gasteiger partial charge in [0.15, 0.2) is 0 Å². The molecule has 1 atom stereocenters. The molecule has 6 nitrogen and oxygen atoms in total. The molecule has 2 aromatic rings. The summed E-state index contributed by atoms with van der Waals surface area (Å²) in [5.74, 6) is -0.125. The number of amides is 1. The summed E-state index contributed by atoms with van der Waals surface area (Å²) in [6, 6.07) is 16.4. The van der Waals surface area contributed by atoms with Gasteiger partial charge >= 0.3 is 0 Å². The Labute approximate surface area is 178 Å². The summed E-state index contributed by atoms with van der Waals surface area (Å²) in [6.45, 7) is 8.40. The smallest absolute Gasteiger partial charge is 0.231 e. The second-order valence-electron chi connectivity index (χ2n) is 7.76. The Morgan fingerprint density at radius 2 is 1.57 bits per heavy atom. The van der Waals surface area contributed by atoms with Crippen LogP contribution in [0.3, 0.4) is 0 Å². The Kier molecular flexibility index (Phi) is 6.87. The first-order chi connectivity index (χ1) is 14.8. The average molecular weight is 410 g/mol. The first-order valence-electron chi connectivity index (χ1n) is 10.9. The van der Waals surface area contributed by atoms with Gasteiger partial charge in [0, 0.05) is 31.9 Å². The van der Waals surface area contributed by atoms with E-state index >= 15 is 0 Å². The summed E-state index contributed by atoms with van der Waals surface area (Å²) in [5.41, 5.74) is 4.16. The Morgan fingerprint density at radius 1 is 0.933 bits per heavy atom.